The monoisotopic (exact) mass is 296 g/mol. The van der Waals surface area contributed by atoms with Crippen molar-refractivity contribution in [3.8, 4) is 0 Å². The van der Waals surface area contributed by atoms with Crippen molar-refractivity contribution in [3.05, 3.63) is 77.9 Å². The molecule has 5 nitrogen and oxygen atoms in total. The molecule has 5 heteroatoms. The Hall–Kier alpha value is -3.08. The molecule has 0 saturated heterocycles. The number of rotatable bonds is 5. The molecular formula is C17H16N2O3. The van der Waals surface area contributed by atoms with Crippen molar-refractivity contribution in [2.24, 2.45) is 5.73 Å². The van der Waals surface area contributed by atoms with Gasteiger partial charge in [0.25, 0.3) is 0 Å². The third-order valence-electron chi connectivity index (χ3n) is 3.21. The molecule has 0 aliphatic carbocycles. The number of carboxylic acid groups (broad SMARTS) is 1. The molecule has 2 amide bonds. The zero-order valence-corrected chi connectivity index (χ0v) is 11.8. The molecule has 22 heavy (non-hydrogen) atoms. The van der Waals surface area contributed by atoms with Crippen LogP contribution in [0.25, 0.3) is 6.08 Å². The lowest BCUT2D eigenvalue weighted by molar-refractivity contribution is -0.142. The highest BCUT2D eigenvalue weighted by molar-refractivity contribution is 5.90. The van der Waals surface area contributed by atoms with Gasteiger partial charge in [-0.25, -0.2) is 9.59 Å². The van der Waals surface area contributed by atoms with Gasteiger partial charge in [-0.2, -0.15) is 0 Å². The van der Waals surface area contributed by atoms with E-state index in [2.05, 4.69) is 5.32 Å². The molecular weight excluding hydrogens is 280 g/mol. The van der Waals surface area contributed by atoms with Crippen LogP contribution in [0.5, 0.6) is 0 Å². The molecule has 112 valence electrons. The number of hydrogen-bond donors (Lipinski definition) is 3. The summed E-state index contributed by atoms with van der Waals surface area (Å²) in [6.45, 7) is 0. The number of amides is 2. The highest BCUT2D eigenvalue weighted by Gasteiger charge is 2.39. The second-order valence-electron chi connectivity index (χ2n) is 4.71. The van der Waals surface area contributed by atoms with E-state index in [1.807, 2.05) is 30.3 Å². The van der Waals surface area contributed by atoms with E-state index in [9.17, 15) is 14.7 Å². The molecule has 0 bridgehead atoms. The molecule has 0 radical (unpaired) electrons. The summed E-state index contributed by atoms with van der Waals surface area (Å²) in [5.74, 6) is -1.22. The molecule has 2 rings (SSSR count). The normalized spacial score (nSPS) is 13.5. The van der Waals surface area contributed by atoms with Gasteiger partial charge in [-0.3, -0.25) is 0 Å². The average Bonchev–Trinajstić information content (AvgIpc) is 2.52. The van der Waals surface area contributed by atoms with Crippen molar-refractivity contribution < 1.29 is 14.7 Å². The fourth-order valence-electron chi connectivity index (χ4n) is 2.14. The number of nitrogens with two attached hydrogens (primary N) is 1. The van der Waals surface area contributed by atoms with Gasteiger partial charge in [0.05, 0.1) is 0 Å². The lowest BCUT2D eigenvalue weighted by Crippen LogP contribution is -2.52. The first kappa shape index (κ1) is 15.3. The predicted octanol–water partition coefficient (Wildman–Crippen LogP) is 2.35. The van der Waals surface area contributed by atoms with Crippen molar-refractivity contribution in [2.45, 2.75) is 5.54 Å². The summed E-state index contributed by atoms with van der Waals surface area (Å²) >= 11 is 0. The lowest BCUT2D eigenvalue weighted by Gasteiger charge is -2.27. The maximum Gasteiger partial charge on any atom is 0.338 e. The van der Waals surface area contributed by atoms with Crippen molar-refractivity contribution in [2.75, 3.05) is 0 Å². The summed E-state index contributed by atoms with van der Waals surface area (Å²) in [7, 11) is 0. The Morgan fingerprint density at radius 2 is 1.55 bits per heavy atom. The van der Waals surface area contributed by atoms with E-state index in [4.69, 9.17) is 5.73 Å². The second-order valence-corrected chi connectivity index (χ2v) is 4.71. The molecule has 1 unspecified atom stereocenters. The van der Waals surface area contributed by atoms with Crippen molar-refractivity contribution in [1.29, 1.82) is 0 Å². The van der Waals surface area contributed by atoms with Gasteiger partial charge >= 0.3 is 12.0 Å². The van der Waals surface area contributed by atoms with E-state index in [0.29, 0.717) is 5.56 Å². The summed E-state index contributed by atoms with van der Waals surface area (Å²) in [6.07, 6.45) is 3.06. The fourth-order valence-corrected chi connectivity index (χ4v) is 2.14. The van der Waals surface area contributed by atoms with Crippen LogP contribution in [0.4, 0.5) is 4.79 Å². The number of carbonyl (C=O) groups is 2. The van der Waals surface area contributed by atoms with Gasteiger partial charge in [-0.15, -0.1) is 0 Å². The van der Waals surface area contributed by atoms with E-state index < -0.39 is 17.5 Å². The Labute approximate surface area is 128 Å². The van der Waals surface area contributed by atoms with Gasteiger partial charge in [0.2, 0.25) is 0 Å². The van der Waals surface area contributed by atoms with E-state index in [-0.39, 0.29) is 0 Å². The van der Waals surface area contributed by atoms with Gasteiger partial charge in [0, 0.05) is 0 Å². The number of carbonyl (C=O) groups excluding carboxylic acids is 1. The van der Waals surface area contributed by atoms with Gasteiger partial charge in [0.1, 0.15) is 0 Å². The SMILES string of the molecule is NC(=O)NC(C=Cc1ccccc1)(C(=O)O)c1ccccc1. The van der Waals surface area contributed by atoms with Crippen molar-refractivity contribution in [1.82, 2.24) is 5.32 Å². The van der Waals surface area contributed by atoms with E-state index >= 15 is 0 Å². The van der Waals surface area contributed by atoms with Crippen LogP contribution in [0.15, 0.2) is 66.7 Å². The summed E-state index contributed by atoms with van der Waals surface area (Å²) in [5, 5.41) is 12.0. The topological polar surface area (TPSA) is 92.4 Å². The van der Waals surface area contributed by atoms with Crippen LogP contribution in [-0.4, -0.2) is 17.1 Å². The maximum atomic E-state index is 11.9. The van der Waals surface area contributed by atoms with E-state index in [1.54, 1.807) is 36.4 Å². The Morgan fingerprint density at radius 1 is 1.00 bits per heavy atom. The Kier molecular flexibility index (Phi) is 4.58. The van der Waals surface area contributed by atoms with Crippen LogP contribution < -0.4 is 11.1 Å². The predicted molar refractivity (Wildman–Crippen MR) is 84.0 cm³/mol. The van der Waals surface area contributed by atoms with Crippen LogP contribution in [0.2, 0.25) is 0 Å². The molecule has 0 saturated carbocycles. The number of carboxylic acids is 1. The third-order valence-corrected chi connectivity index (χ3v) is 3.21. The minimum atomic E-state index is -1.72. The lowest BCUT2D eigenvalue weighted by atomic mass is 9.89. The van der Waals surface area contributed by atoms with E-state index in [1.165, 1.54) is 6.08 Å². The minimum Gasteiger partial charge on any atom is -0.479 e. The Balaban J connectivity index is 2.51. The summed E-state index contributed by atoms with van der Waals surface area (Å²) in [4.78, 5) is 23.2. The Morgan fingerprint density at radius 3 is 2.05 bits per heavy atom. The minimum absolute atomic E-state index is 0.411. The first-order chi connectivity index (χ1) is 10.5. The van der Waals surface area contributed by atoms with E-state index in [0.717, 1.165) is 5.56 Å². The van der Waals surface area contributed by atoms with Gasteiger partial charge in [0.15, 0.2) is 5.54 Å². The van der Waals surface area contributed by atoms with Gasteiger partial charge in [-0.05, 0) is 17.2 Å². The van der Waals surface area contributed by atoms with Crippen LogP contribution in [0, 0.1) is 0 Å². The fraction of sp³-hybridized carbons (Fsp3) is 0.0588. The number of nitrogens with one attached hydrogen (secondary N) is 1. The van der Waals surface area contributed by atoms with Crippen molar-refractivity contribution in [3.63, 3.8) is 0 Å². The quantitative estimate of drug-likeness (QED) is 0.790. The molecule has 1 atom stereocenters. The largest absolute Gasteiger partial charge is 0.479 e. The molecule has 0 aliphatic heterocycles. The highest BCUT2D eigenvalue weighted by Crippen LogP contribution is 2.24. The summed E-state index contributed by atoms with van der Waals surface area (Å²) in [6, 6.07) is 16.7. The van der Waals surface area contributed by atoms with Crippen LogP contribution in [0.3, 0.4) is 0 Å². The Bertz CT molecular complexity index is 684. The number of benzene rings is 2. The average molecular weight is 296 g/mol. The number of primary amides is 1. The van der Waals surface area contributed by atoms with Gasteiger partial charge < -0.3 is 16.2 Å². The van der Waals surface area contributed by atoms with Crippen molar-refractivity contribution >= 4 is 18.1 Å². The standard InChI is InChI=1S/C17H16N2O3/c18-16(22)19-17(15(20)21,14-9-5-2-6-10-14)12-11-13-7-3-1-4-8-13/h1-12H,(H,20,21)(H3,18,19,22). The molecule has 0 aromatic heterocycles. The molecule has 0 aliphatic rings. The van der Waals surface area contributed by atoms with Crippen LogP contribution in [0.1, 0.15) is 11.1 Å². The third kappa shape index (κ3) is 3.32. The summed E-state index contributed by atoms with van der Waals surface area (Å²) < 4.78 is 0. The van der Waals surface area contributed by atoms with Gasteiger partial charge in [-0.1, -0.05) is 66.7 Å². The highest BCUT2D eigenvalue weighted by atomic mass is 16.4. The van der Waals surface area contributed by atoms with Crippen LogP contribution >= 0.6 is 0 Å². The van der Waals surface area contributed by atoms with Crippen LogP contribution in [-0.2, 0) is 10.3 Å². The molecule has 2 aromatic rings. The first-order valence-electron chi connectivity index (χ1n) is 6.65. The second kappa shape index (κ2) is 6.58. The molecule has 0 fully saturated rings. The maximum absolute atomic E-state index is 11.9. The zero-order chi connectivity index (χ0) is 16.0. The molecule has 2 aromatic carbocycles. The molecule has 4 N–H and O–H groups in total. The number of aliphatic carboxylic acids is 1. The number of urea groups is 1. The smallest absolute Gasteiger partial charge is 0.338 e. The zero-order valence-electron chi connectivity index (χ0n) is 11.8. The first-order valence-corrected chi connectivity index (χ1v) is 6.65. The molecule has 0 heterocycles. The number of hydrogen-bond acceptors (Lipinski definition) is 2. The molecule has 0 spiro atoms. The summed E-state index contributed by atoms with van der Waals surface area (Å²) in [5.41, 5.74) is 4.68.